The van der Waals surface area contributed by atoms with Gasteiger partial charge in [0, 0.05) is 12.1 Å². The molecule has 0 aliphatic heterocycles. The van der Waals surface area contributed by atoms with Crippen LogP contribution in [0.2, 0.25) is 0 Å². The second-order valence-electron chi connectivity index (χ2n) is 3.91. The van der Waals surface area contributed by atoms with Gasteiger partial charge in [-0.05, 0) is 36.7 Å². The Balaban J connectivity index is 2.23. The minimum absolute atomic E-state index is 0.926. The van der Waals surface area contributed by atoms with E-state index in [2.05, 4.69) is 37.4 Å². The van der Waals surface area contributed by atoms with Crippen molar-refractivity contribution in [2.45, 2.75) is 20.4 Å². The molecule has 2 heteroatoms. The van der Waals surface area contributed by atoms with Crippen LogP contribution in [-0.2, 0) is 6.54 Å². The summed E-state index contributed by atoms with van der Waals surface area (Å²) in [6.45, 7) is 6.16. The third-order valence-electron chi connectivity index (χ3n) is 2.66. The highest BCUT2D eigenvalue weighted by atomic mass is 16.3. The predicted octanol–water partition coefficient (Wildman–Crippen LogP) is 3.36. The van der Waals surface area contributed by atoms with Gasteiger partial charge in [0.15, 0.2) is 0 Å². The Bertz CT molecular complexity index is 446. The van der Waals surface area contributed by atoms with Crippen molar-refractivity contribution in [3.63, 3.8) is 0 Å². The van der Waals surface area contributed by atoms with Crippen LogP contribution in [0.5, 0.6) is 0 Å². The summed E-state index contributed by atoms with van der Waals surface area (Å²) in [6.07, 6.45) is 1.71. The van der Waals surface area contributed by atoms with Crippen LogP contribution in [0.15, 0.2) is 41.0 Å². The fourth-order valence-electron chi connectivity index (χ4n) is 1.81. The molecule has 0 amide bonds. The first-order valence-electron chi connectivity index (χ1n) is 5.65. The van der Waals surface area contributed by atoms with Crippen LogP contribution in [-0.4, -0.2) is 6.54 Å². The lowest BCUT2D eigenvalue weighted by Gasteiger charge is -2.07. The Labute approximate surface area is 96.3 Å². The molecule has 2 nitrogen and oxygen atoms in total. The Morgan fingerprint density at radius 1 is 1.25 bits per heavy atom. The molecule has 1 N–H and O–H groups in total. The SMILES string of the molecule is CCNCc1ccc(-c2ccco2)c(C)c1. The Morgan fingerprint density at radius 2 is 2.12 bits per heavy atom. The van der Waals surface area contributed by atoms with Crippen LogP contribution in [0.25, 0.3) is 11.3 Å². The average molecular weight is 215 g/mol. The first-order chi connectivity index (χ1) is 7.81. The summed E-state index contributed by atoms with van der Waals surface area (Å²) in [5.74, 6) is 0.938. The van der Waals surface area contributed by atoms with Crippen LogP contribution in [0.4, 0.5) is 0 Å². The van der Waals surface area contributed by atoms with E-state index >= 15 is 0 Å². The third-order valence-corrected chi connectivity index (χ3v) is 2.66. The molecular weight excluding hydrogens is 198 g/mol. The molecule has 0 radical (unpaired) electrons. The van der Waals surface area contributed by atoms with E-state index in [1.54, 1.807) is 6.26 Å². The highest BCUT2D eigenvalue weighted by molar-refractivity contribution is 5.62. The van der Waals surface area contributed by atoms with Gasteiger partial charge in [0.2, 0.25) is 0 Å². The molecular formula is C14H17NO. The highest BCUT2D eigenvalue weighted by Crippen LogP contribution is 2.24. The fraction of sp³-hybridized carbons (Fsp3) is 0.286. The monoisotopic (exact) mass is 215 g/mol. The van der Waals surface area contributed by atoms with Gasteiger partial charge in [-0.3, -0.25) is 0 Å². The minimum atomic E-state index is 0.926. The number of rotatable bonds is 4. The van der Waals surface area contributed by atoms with Crippen LogP contribution < -0.4 is 5.32 Å². The maximum Gasteiger partial charge on any atom is 0.134 e. The molecule has 1 aromatic heterocycles. The van der Waals surface area contributed by atoms with Crippen molar-refractivity contribution in [1.82, 2.24) is 5.32 Å². The lowest BCUT2D eigenvalue weighted by atomic mass is 10.0. The van der Waals surface area contributed by atoms with Gasteiger partial charge in [0.05, 0.1) is 6.26 Å². The summed E-state index contributed by atoms with van der Waals surface area (Å²) in [5, 5.41) is 3.32. The number of hydrogen-bond donors (Lipinski definition) is 1. The predicted molar refractivity (Wildman–Crippen MR) is 66.3 cm³/mol. The molecule has 16 heavy (non-hydrogen) atoms. The van der Waals surface area contributed by atoms with Crippen molar-refractivity contribution in [3.05, 3.63) is 47.7 Å². The molecule has 84 valence electrons. The zero-order chi connectivity index (χ0) is 11.4. The van der Waals surface area contributed by atoms with E-state index in [0.29, 0.717) is 0 Å². The smallest absolute Gasteiger partial charge is 0.134 e. The molecule has 2 rings (SSSR count). The molecule has 0 aliphatic rings. The second kappa shape index (κ2) is 4.99. The summed E-state index contributed by atoms with van der Waals surface area (Å²) >= 11 is 0. The highest BCUT2D eigenvalue weighted by Gasteiger charge is 2.04. The molecule has 0 unspecified atom stereocenters. The fourth-order valence-corrected chi connectivity index (χ4v) is 1.81. The van der Waals surface area contributed by atoms with Crippen molar-refractivity contribution in [2.24, 2.45) is 0 Å². The largest absolute Gasteiger partial charge is 0.464 e. The number of benzene rings is 1. The number of nitrogens with one attached hydrogen (secondary N) is 1. The second-order valence-corrected chi connectivity index (χ2v) is 3.91. The first-order valence-corrected chi connectivity index (χ1v) is 5.65. The molecule has 0 atom stereocenters. The van der Waals surface area contributed by atoms with E-state index < -0.39 is 0 Å². The van der Waals surface area contributed by atoms with Gasteiger partial charge < -0.3 is 9.73 Å². The van der Waals surface area contributed by atoms with Crippen LogP contribution in [0.1, 0.15) is 18.1 Å². The molecule has 0 aliphatic carbocycles. The van der Waals surface area contributed by atoms with Gasteiger partial charge in [-0.25, -0.2) is 0 Å². The maximum atomic E-state index is 5.41. The maximum absolute atomic E-state index is 5.41. The van der Waals surface area contributed by atoms with Crippen molar-refractivity contribution >= 4 is 0 Å². The van der Waals surface area contributed by atoms with Gasteiger partial charge >= 0.3 is 0 Å². The molecule has 1 aromatic carbocycles. The van der Waals surface area contributed by atoms with Crippen LogP contribution in [0, 0.1) is 6.92 Å². The van der Waals surface area contributed by atoms with Gasteiger partial charge in [-0.1, -0.05) is 25.1 Å². The summed E-state index contributed by atoms with van der Waals surface area (Å²) < 4.78 is 5.41. The Kier molecular flexibility index (Phi) is 3.42. The number of aryl methyl sites for hydroxylation is 1. The summed E-state index contributed by atoms with van der Waals surface area (Å²) in [5.41, 5.74) is 3.74. The van der Waals surface area contributed by atoms with Gasteiger partial charge in [0.25, 0.3) is 0 Å². The van der Waals surface area contributed by atoms with E-state index in [0.717, 1.165) is 18.8 Å². The molecule has 0 saturated carbocycles. The van der Waals surface area contributed by atoms with Gasteiger partial charge in [0.1, 0.15) is 5.76 Å². The molecule has 0 spiro atoms. The molecule has 0 saturated heterocycles. The van der Waals surface area contributed by atoms with E-state index in [1.807, 2.05) is 12.1 Å². The third kappa shape index (κ3) is 2.34. The zero-order valence-corrected chi connectivity index (χ0v) is 9.79. The topological polar surface area (TPSA) is 25.2 Å². The van der Waals surface area contributed by atoms with Crippen molar-refractivity contribution < 1.29 is 4.42 Å². The van der Waals surface area contributed by atoms with Crippen LogP contribution in [0.3, 0.4) is 0 Å². The molecule has 0 bridgehead atoms. The summed E-state index contributed by atoms with van der Waals surface area (Å²) in [7, 11) is 0. The van der Waals surface area contributed by atoms with E-state index in [4.69, 9.17) is 4.42 Å². The standard InChI is InChI=1S/C14H17NO/c1-3-15-10-12-6-7-13(11(2)9-12)14-5-4-8-16-14/h4-9,15H,3,10H2,1-2H3. The number of furan rings is 1. The first kappa shape index (κ1) is 11.0. The minimum Gasteiger partial charge on any atom is -0.464 e. The van der Waals surface area contributed by atoms with Gasteiger partial charge in [-0.15, -0.1) is 0 Å². The van der Waals surface area contributed by atoms with Crippen molar-refractivity contribution in [2.75, 3.05) is 6.54 Å². The molecule has 2 aromatic rings. The quantitative estimate of drug-likeness (QED) is 0.846. The summed E-state index contributed by atoms with van der Waals surface area (Å²) in [4.78, 5) is 0. The van der Waals surface area contributed by atoms with E-state index in [9.17, 15) is 0 Å². The summed E-state index contributed by atoms with van der Waals surface area (Å²) in [6, 6.07) is 10.4. The molecule has 0 fully saturated rings. The normalized spacial score (nSPS) is 10.6. The zero-order valence-electron chi connectivity index (χ0n) is 9.79. The van der Waals surface area contributed by atoms with E-state index in [-0.39, 0.29) is 0 Å². The van der Waals surface area contributed by atoms with Crippen LogP contribution >= 0.6 is 0 Å². The Hall–Kier alpha value is -1.54. The van der Waals surface area contributed by atoms with E-state index in [1.165, 1.54) is 16.7 Å². The molecule has 1 heterocycles. The van der Waals surface area contributed by atoms with Crippen molar-refractivity contribution in [3.8, 4) is 11.3 Å². The number of hydrogen-bond acceptors (Lipinski definition) is 2. The van der Waals surface area contributed by atoms with Crippen molar-refractivity contribution in [1.29, 1.82) is 0 Å². The van der Waals surface area contributed by atoms with Gasteiger partial charge in [-0.2, -0.15) is 0 Å². The average Bonchev–Trinajstić information content (AvgIpc) is 2.80. The Morgan fingerprint density at radius 3 is 2.75 bits per heavy atom. The lowest BCUT2D eigenvalue weighted by Crippen LogP contribution is -2.11. The lowest BCUT2D eigenvalue weighted by molar-refractivity contribution is 0.582.